The van der Waals surface area contributed by atoms with Crippen molar-refractivity contribution >= 4 is 11.7 Å². The minimum absolute atomic E-state index is 0.0347. The summed E-state index contributed by atoms with van der Waals surface area (Å²) in [6, 6.07) is 0. The maximum absolute atomic E-state index is 12.3. The molecule has 0 aromatic carbocycles. The average Bonchev–Trinajstić information content (AvgIpc) is 2.46. The Kier molecular flexibility index (Phi) is 7.65. The molecule has 1 heterocycles. The molecular weight excluding hydrogens is 264 g/mol. The SMILES string of the molecule is CCC1CCCN(C(=O)CN(C)C/C=C/C(=O)C(C)C)C1. The number of allylic oxidation sites excluding steroid dienone is 1. The molecule has 1 atom stereocenters. The number of hydrogen-bond donors (Lipinski definition) is 0. The third kappa shape index (κ3) is 6.42. The van der Waals surface area contributed by atoms with Crippen LogP contribution in [0.5, 0.6) is 0 Å². The fourth-order valence-electron chi connectivity index (χ4n) is 2.56. The molecule has 0 bridgehead atoms. The van der Waals surface area contributed by atoms with E-state index in [9.17, 15) is 9.59 Å². The first kappa shape index (κ1) is 17.9. The second-order valence-electron chi connectivity index (χ2n) is 6.41. The van der Waals surface area contributed by atoms with E-state index >= 15 is 0 Å². The second kappa shape index (κ2) is 8.98. The molecule has 4 nitrogen and oxygen atoms in total. The van der Waals surface area contributed by atoms with Gasteiger partial charge in [-0.15, -0.1) is 0 Å². The molecule has 1 rings (SSSR count). The summed E-state index contributed by atoms with van der Waals surface area (Å²) in [5, 5.41) is 0. The molecule has 120 valence electrons. The van der Waals surface area contributed by atoms with Gasteiger partial charge in [-0.3, -0.25) is 14.5 Å². The van der Waals surface area contributed by atoms with E-state index in [1.54, 1.807) is 6.08 Å². The van der Waals surface area contributed by atoms with Crippen molar-refractivity contribution in [2.24, 2.45) is 11.8 Å². The highest BCUT2D eigenvalue weighted by Crippen LogP contribution is 2.19. The van der Waals surface area contributed by atoms with Gasteiger partial charge < -0.3 is 4.90 Å². The monoisotopic (exact) mass is 294 g/mol. The van der Waals surface area contributed by atoms with Crippen LogP contribution < -0.4 is 0 Å². The summed E-state index contributed by atoms with van der Waals surface area (Å²) in [5.41, 5.74) is 0. The van der Waals surface area contributed by atoms with Gasteiger partial charge in [-0.2, -0.15) is 0 Å². The van der Waals surface area contributed by atoms with Crippen LogP contribution in [-0.2, 0) is 9.59 Å². The Morgan fingerprint density at radius 1 is 1.38 bits per heavy atom. The third-order valence-corrected chi connectivity index (χ3v) is 4.12. The maximum atomic E-state index is 12.3. The topological polar surface area (TPSA) is 40.6 Å². The molecule has 1 amide bonds. The van der Waals surface area contributed by atoms with Crippen LogP contribution in [0, 0.1) is 11.8 Å². The smallest absolute Gasteiger partial charge is 0.236 e. The second-order valence-corrected chi connectivity index (χ2v) is 6.41. The van der Waals surface area contributed by atoms with E-state index in [2.05, 4.69) is 6.92 Å². The highest BCUT2D eigenvalue weighted by Gasteiger charge is 2.22. The number of ketones is 1. The number of likely N-dealkylation sites (N-methyl/N-ethyl adjacent to an activating group) is 1. The van der Waals surface area contributed by atoms with Crippen LogP contribution in [0.1, 0.15) is 40.0 Å². The van der Waals surface area contributed by atoms with Gasteiger partial charge in [0.05, 0.1) is 6.54 Å². The lowest BCUT2D eigenvalue weighted by molar-refractivity contribution is -0.133. The molecule has 1 aliphatic heterocycles. The summed E-state index contributed by atoms with van der Waals surface area (Å²) in [6.45, 7) is 8.84. The zero-order valence-corrected chi connectivity index (χ0v) is 14.0. The van der Waals surface area contributed by atoms with Crippen molar-refractivity contribution in [1.82, 2.24) is 9.80 Å². The van der Waals surface area contributed by atoms with Crippen molar-refractivity contribution in [1.29, 1.82) is 0 Å². The summed E-state index contributed by atoms with van der Waals surface area (Å²) in [7, 11) is 1.92. The highest BCUT2D eigenvalue weighted by atomic mass is 16.2. The quantitative estimate of drug-likeness (QED) is 0.677. The minimum Gasteiger partial charge on any atom is -0.341 e. The van der Waals surface area contributed by atoms with Crippen molar-refractivity contribution in [2.45, 2.75) is 40.0 Å². The summed E-state index contributed by atoms with van der Waals surface area (Å²) in [5.74, 6) is 1.04. The molecule has 0 aromatic rings. The number of carbonyl (C=O) groups is 2. The zero-order valence-electron chi connectivity index (χ0n) is 14.0. The first-order valence-corrected chi connectivity index (χ1v) is 8.10. The molecule has 1 aliphatic rings. The third-order valence-electron chi connectivity index (χ3n) is 4.12. The van der Waals surface area contributed by atoms with Gasteiger partial charge in [0.1, 0.15) is 0 Å². The van der Waals surface area contributed by atoms with E-state index < -0.39 is 0 Å². The molecule has 0 radical (unpaired) electrons. The van der Waals surface area contributed by atoms with Gasteiger partial charge in [0.25, 0.3) is 0 Å². The van der Waals surface area contributed by atoms with Gasteiger partial charge in [-0.05, 0) is 31.9 Å². The Morgan fingerprint density at radius 2 is 2.10 bits per heavy atom. The molecule has 0 N–H and O–H groups in total. The average molecular weight is 294 g/mol. The lowest BCUT2D eigenvalue weighted by atomic mass is 9.95. The van der Waals surface area contributed by atoms with Gasteiger partial charge in [0, 0.05) is 25.6 Å². The predicted molar refractivity (Wildman–Crippen MR) is 86.1 cm³/mol. The number of carbonyl (C=O) groups excluding carboxylic acids is 2. The lowest BCUT2D eigenvalue weighted by Crippen LogP contribution is -2.44. The van der Waals surface area contributed by atoms with Crippen molar-refractivity contribution < 1.29 is 9.59 Å². The van der Waals surface area contributed by atoms with Crippen LogP contribution in [-0.4, -0.2) is 54.7 Å². The van der Waals surface area contributed by atoms with Crippen LogP contribution in [0.2, 0.25) is 0 Å². The summed E-state index contributed by atoms with van der Waals surface area (Å²) in [4.78, 5) is 27.7. The summed E-state index contributed by atoms with van der Waals surface area (Å²) >= 11 is 0. The Balaban J connectivity index is 2.35. The van der Waals surface area contributed by atoms with E-state index in [1.807, 2.05) is 36.8 Å². The van der Waals surface area contributed by atoms with Crippen LogP contribution >= 0.6 is 0 Å². The molecule has 4 heteroatoms. The molecule has 0 aromatic heterocycles. The predicted octanol–water partition coefficient (Wildman–Crippen LogP) is 2.35. The normalized spacial score (nSPS) is 19.7. The molecule has 0 saturated carbocycles. The van der Waals surface area contributed by atoms with Crippen LogP contribution in [0.3, 0.4) is 0 Å². The number of nitrogens with zero attached hydrogens (tertiary/aromatic N) is 2. The lowest BCUT2D eigenvalue weighted by Gasteiger charge is -2.33. The Morgan fingerprint density at radius 3 is 2.71 bits per heavy atom. The largest absolute Gasteiger partial charge is 0.341 e. The van der Waals surface area contributed by atoms with Gasteiger partial charge in [-0.1, -0.05) is 33.3 Å². The highest BCUT2D eigenvalue weighted by molar-refractivity contribution is 5.91. The first-order chi connectivity index (χ1) is 9.93. The zero-order chi connectivity index (χ0) is 15.8. The Bertz CT molecular complexity index is 377. The van der Waals surface area contributed by atoms with E-state index in [-0.39, 0.29) is 17.6 Å². The van der Waals surface area contributed by atoms with Gasteiger partial charge in [-0.25, -0.2) is 0 Å². The van der Waals surface area contributed by atoms with Crippen LogP contribution in [0.25, 0.3) is 0 Å². The van der Waals surface area contributed by atoms with Crippen LogP contribution in [0.4, 0.5) is 0 Å². The van der Waals surface area contributed by atoms with Crippen molar-refractivity contribution in [3.05, 3.63) is 12.2 Å². The summed E-state index contributed by atoms with van der Waals surface area (Å²) in [6.07, 6.45) is 6.99. The number of piperidine rings is 1. The number of amides is 1. The Labute approximate surface area is 129 Å². The van der Waals surface area contributed by atoms with Crippen molar-refractivity contribution in [3.63, 3.8) is 0 Å². The fraction of sp³-hybridized carbons (Fsp3) is 0.765. The van der Waals surface area contributed by atoms with E-state index in [4.69, 9.17) is 0 Å². The molecule has 0 spiro atoms. The standard InChI is InChI=1S/C17H30N2O2/c1-5-15-8-6-11-19(12-15)17(21)13-18(4)10-7-9-16(20)14(2)3/h7,9,14-15H,5-6,8,10-13H2,1-4H3/b9-7+. The molecular formula is C17H30N2O2. The number of hydrogen-bond acceptors (Lipinski definition) is 3. The first-order valence-electron chi connectivity index (χ1n) is 8.10. The van der Waals surface area contributed by atoms with E-state index in [0.717, 1.165) is 25.9 Å². The van der Waals surface area contributed by atoms with Gasteiger partial charge >= 0.3 is 0 Å². The van der Waals surface area contributed by atoms with E-state index in [0.29, 0.717) is 19.0 Å². The molecule has 1 saturated heterocycles. The van der Waals surface area contributed by atoms with Gasteiger partial charge in [0.2, 0.25) is 5.91 Å². The molecule has 0 aliphatic carbocycles. The van der Waals surface area contributed by atoms with E-state index in [1.165, 1.54) is 6.42 Å². The van der Waals surface area contributed by atoms with Crippen molar-refractivity contribution in [2.75, 3.05) is 33.2 Å². The fourth-order valence-corrected chi connectivity index (χ4v) is 2.56. The maximum Gasteiger partial charge on any atom is 0.236 e. The number of rotatable bonds is 7. The van der Waals surface area contributed by atoms with Crippen LogP contribution in [0.15, 0.2) is 12.2 Å². The molecule has 1 unspecified atom stereocenters. The molecule has 21 heavy (non-hydrogen) atoms. The number of likely N-dealkylation sites (tertiary alicyclic amines) is 1. The van der Waals surface area contributed by atoms with Crippen molar-refractivity contribution in [3.8, 4) is 0 Å². The minimum atomic E-state index is 0.0347. The molecule has 1 fully saturated rings. The van der Waals surface area contributed by atoms with Gasteiger partial charge in [0.15, 0.2) is 5.78 Å². The summed E-state index contributed by atoms with van der Waals surface area (Å²) < 4.78 is 0. The Hall–Kier alpha value is -1.16.